The summed E-state index contributed by atoms with van der Waals surface area (Å²) in [6.07, 6.45) is 1.29. The van der Waals surface area contributed by atoms with Crippen LogP contribution in [0, 0.1) is 21.4 Å². The number of nitrogens with one attached hydrogen (secondary N) is 1. The van der Waals surface area contributed by atoms with Crippen LogP contribution in [0.3, 0.4) is 0 Å². The Morgan fingerprint density at radius 2 is 1.96 bits per heavy atom. The molecule has 120 valence electrons. The van der Waals surface area contributed by atoms with Gasteiger partial charge >= 0.3 is 0 Å². The maximum Gasteiger partial charge on any atom is 0.271 e. The molecular weight excluding hydrogens is 353 g/mol. The molecule has 0 aliphatic rings. The molecule has 1 amide bonds. The van der Waals surface area contributed by atoms with Crippen molar-refractivity contribution in [1.82, 2.24) is 0 Å². The molecule has 6 nitrogen and oxygen atoms in total. The average Bonchev–Trinajstić information content (AvgIpc) is 2.56. The number of carbonyl (C=O) groups is 1. The Morgan fingerprint density at radius 3 is 2.62 bits per heavy atom. The molecule has 0 aromatic heterocycles. The Balaban J connectivity index is 2.28. The van der Waals surface area contributed by atoms with Gasteiger partial charge in [0.2, 0.25) is 0 Å². The quantitative estimate of drug-likeness (QED) is 0.376. The van der Waals surface area contributed by atoms with E-state index in [0.717, 1.165) is 0 Å². The van der Waals surface area contributed by atoms with Crippen LogP contribution in [0.25, 0.3) is 6.08 Å². The van der Waals surface area contributed by atoms with Crippen molar-refractivity contribution in [3.8, 4) is 6.07 Å². The number of benzene rings is 2. The first kappa shape index (κ1) is 17.5. The minimum Gasteiger partial charge on any atom is -0.321 e. The molecule has 0 radical (unpaired) electrons. The number of nitro benzene ring substituents is 1. The molecule has 0 aliphatic carbocycles. The summed E-state index contributed by atoms with van der Waals surface area (Å²) in [5, 5.41) is 22.9. The van der Waals surface area contributed by atoms with E-state index in [2.05, 4.69) is 5.32 Å². The van der Waals surface area contributed by atoms with Gasteiger partial charge in [-0.3, -0.25) is 14.9 Å². The first-order valence-electron chi connectivity index (χ1n) is 6.54. The zero-order chi connectivity index (χ0) is 17.7. The Bertz CT molecular complexity index is 888. The van der Waals surface area contributed by atoms with E-state index >= 15 is 0 Å². The van der Waals surface area contributed by atoms with Crippen LogP contribution in [0.2, 0.25) is 10.0 Å². The highest BCUT2D eigenvalue weighted by Gasteiger charge is 2.13. The van der Waals surface area contributed by atoms with Crippen molar-refractivity contribution in [2.45, 2.75) is 0 Å². The fraction of sp³-hybridized carbons (Fsp3) is 0. The van der Waals surface area contributed by atoms with E-state index in [-0.39, 0.29) is 22.0 Å². The number of non-ortho nitro benzene ring substituents is 1. The monoisotopic (exact) mass is 361 g/mol. The Kier molecular flexibility index (Phi) is 5.53. The SMILES string of the molecule is N#C/C(=C\c1cccc(Cl)c1Cl)C(=O)Nc1cccc([N+](=O)[O-])c1. The number of amides is 1. The minimum absolute atomic E-state index is 0.173. The number of nitro groups is 1. The molecule has 24 heavy (non-hydrogen) atoms. The number of nitriles is 1. The molecule has 0 bridgehead atoms. The molecule has 2 aromatic rings. The molecule has 0 atom stereocenters. The van der Waals surface area contributed by atoms with Gasteiger partial charge in [-0.2, -0.15) is 5.26 Å². The van der Waals surface area contributed by atoms with E-state index in [1.807, 2.05) is 0 Å². The molecule has 8 heteroatoms. The van der Waals surface area contributed by atoms with E-state index in [1.54, 1.807) is 24.3 Å². The summed E-state index contributed by atoms with van der Waals surface area (Å²) in [5.74, 6) is -0.714. The second-order valence-corrected chi connectivity index (χ2v) is 5.36. The first-order valence-corrected chi connectivity index (χ1v) is 7.29. The molecule has 2 aromatic carbocycles. The van der Waals surface area contributed by atoms with Crippen LogP contribution in [0.5, 0.6) is 0 Å². The molecule has 0 aliphatic heterocycles. The maximum atomic E-state index is 12.2. The van der Waals surface area contributed by atoms with Crippen molar-refractivity contribution < 1.29 is 9.72 Å². The van der Waals surface area contributed by atoms with Gasteiger partial charge in [0, 0.05) is 17.8 Å². The fourth-order valence-electron chi connectivity index (χ4n) is 1.83. The standard InChI is InChI=1S/C16H9Cl2N3O3/c17-14-6-1-3-10(15(14)18)7-11(9-19)16(22)20-12-4-2-5-13(8-12)21(23)24/h1-8H,(H,20,22)/b11-7+. The smallest absolute Gasteiger partial charge is 0.271 e. The van der Waals surface area contributed by atoms with Crippen LogP contribution in [0.4, 0.5) is 11.4 Å². The van der Waals surface area contributed by atoms with Crippen LogP contribution in [0.15, 0.2) is 48.0 Å². The fourth-order valence-corrected chi connectivity index (χ4v) is 2.19. The van der Waals surface area contributed by atoms with Gasteiger partial charge in [-0.15, -0.1) is 0 Å². The number of rotatable bonds is 4. The highest BCUT2D eigenvalue weighted by molar-refractivity contribution is 6.43. The highest BCUT2D eigenvalue weighted by Crippen LogP contribution is 2.27. The molecule has 2 rings (SSSR count). The van der Waals surface area contributed by atoms with Gasteiger partial charge in [0.15, 0.2) is 0 Å². The number of anilines is 1. The Hall–Kier alpha value is -2.88. The number of halogens is 2. The molecule has 0 spiro atoms. The van der Waals surface area contributed by atoms with Crippen molar-refractivity contribution in [3.63, 3.8) is 0 Å². The Labute approximate surface area is 147 Å². The Morgan fingerprint density at radius 1 is 1.25 bits per heavy atom. The van der Waals surface area contributed by atoms with Crippen LogP contribution >= 0.6 is 23.2 Å². The lowest BCUT2D eigenvalue weighted by atomic mass is 10.1. The summed E-state index contributed by atoms with van der Waals surface area (Å²) >= 11 is 11.9. The van der Waals surface area contributed by atoms with Crippen LogP contribution in [0.1, 0.15) is 5.56 Å². The predicted octanol–water partition coefficient (Wildman–Crippen LogP) is 4.45. The lowest BCUT2D eigenvalue weighted by molar-refractivity contribution is -0.384. The van der Waals surface area contributed by atoms with Crippen LogP contribution < -0.4 is 5.32 Å². The van der Waals surface area contributed by atoms with Crippen molar-refractivity contribution in [3.05, 3.63) is 73.8 Å². The summed E-state index contributed by atoms with van der Waals surface area (Å²) in [6.45, 7) is 0. The van der Waals surface area contributed by atoms with Crippen LogP contribution in [-0.2, 0) is 4.79 Å². The van der Waals surface area contributed by atoms with Gasteiger partial charge in [-0.1, -0.05) is 41.4 Å². The van der Waals surface area contributed by atoms with Crippen molar-refractivity contribution in [2.24, 2.45) is 0 Å². The van der Waals surface area contributed by atoms with Gasteiger partial charge in [0.1, 0.15) is 11.6 Å². The largest absolute Gasteiger partial charge is 0.321 e. The summed E-state index contributed by atoms with van der Waals surface area (Å²) in [5.41, 5.74) is 0.223. The average molecular weight is 362 g/mol. The number of nitrogens with zero attached hydrogens (tertiary/aromatic N) is 2. The van der Waals surface area contributed by atoms with Gasteiger partial charge < -0.3 is 5.32 Å². The number of hydrogen-bond donors (Lipinski definition) is 1. The molecule has 0 fully saturated rings. The van der Waals surface area contributed by atoms with E-state index < -0.39 is 10.8 Å². The van der Waals surface area contributed by atoms with Crippen molar-refractivity contribution in [1.29, 1.82) is 5.26 Å². The number of carbonyl (C=O) groups excluding carboxylic acids is 1. The zero-order valence-corrected chi connectivity index (χ0v) is 13.5. The molecule has 0 saturated carbocycles. The first-order chi connectivity index (χ1) is 11.4. The summed E-state index contributed by atoms with van der Waals surface area (Å²) in [6, 6.07) is 12.0. The van der Waals surface area contributed by atoms with Gasteiger partial charge in [0.25, 0.3) is 11.6 Å². The normalized spacial score (nSPS) is 10.8. The van der Waals surface area contributed by atoms with E-state index in [1.165, 1.54) is 30.3 Å². The van der Waals surface area contributed by atoms with Gasteiger partial charge in [-0.25, -0.2) is 0 Å². The summed E-state index contributed by atoms with van der Waals surface area (Å²) in [4.78, 5) is 22.3. The lowest BCUT2D eigenvalue weighted by Crippen LogP contribution is -2.13. The second-order valence-electron chi connectivity index (χ2n) is 4.57. The second kappa shape index (κ2) is 7.59. The number of hydrogen-bond acceptors (Lipinski definition) is 4. The molecule has 0 unspecified atom stereocenters. The minimum atomic E-state index is -0.714. The molecular formula is C16H9Cl2N3O3. The summed E-state index contributed by atoms with van der Waals surface area (Å²) < 4.78 is 0. The third kappa shape index (κ3) is 4.10. The van der Waals surface area contributed by atoms with E-state index in [9.17, 15) is 20.2 Å². The highest BCUT2D eigenvalue weighted by atomic mass is 35.5. The lowest BCUT2D eigenvalue weighted by Gasteiger charge is -2.05. The summed E-state index contributed by atoms with van der Waals surface area (Å²) in [7, 11) is 0. The van der Waals surface area contributed by atoms with Crippen molar-refractivity contribution >= 4 is 46.6 Å². The maximum absolute atomic E-state index is 12.2. The van der Waals surface area contributed by atoms with E-state index in [4.69, 9.17) is 23.2 Å². The van der Waals surface area contributed by atoms with Crippen LogP contribution in [-0.4, -0.2) is 10.8 Å². The molecule has 0 saturated heterocycles. The molecule has 1 N–H and O–H groups in total. The molecule has 0 heterocycles. The third-order valence-electron chi connectivity index (χ3n) is 2.96. The van der Waals surface area contributed by atoms with Gasteiger partial charge in [0.05, 0.1) is 15.0 Å². The van der Waals surface area contributed by atoms with E-state index in [0.29, 0.717) is 10.6 Å². The van der Waals surface area contributed by atoms with Crippen molar-refractivity contribution in [2.75, 3.05) is 5.32 Å². The zero-order valence-electron chi connectivity index (χ0n) is 12.0. The predicted molar refractivity (Wildman–Crippen MR) is 91.8 cm³/mol. The third-order valence-corrected chi connectivity index (χ3v) is 3.79. The topological polar surface area (TPSA) is 96.0 Å². The van der Waals surface area contributed by atoms with Gasteiger partial charge in [-0.05, 0) is 23.8 Å².